The summed E-state index contributed by atoms with van der Waals surface area (Å²) >= 11 is 1.55. The Morgan fingerprint density at radius 2 is 2.32 bits per heavy atom. The molecule has 1 fully saturated rings. The first-order valence-electron chi connectivity index (χ1n) is 6.65. The van der Waals surface area contributed by atoms with E-state index in [2.05, 4.69) is 6.92 Å². The number of carbonyl (C=O) groups is 2. The molecule has 0 aliphatic carbocycles. The summed E-state index contributed by atoms with van der Waals surface area (Å²) in [6, 6.07) is 1.27. The summed E-state index contributed by atoms with van der Waals surface area (Å²) in [7, 11) is 0. The van der Waals surface area contributed by atoms with Crippen molar-refractivity contribution in [2.75, 3.05) is 6.54 Å². The molecule has 5 heteroatoms. The highest BCUT2D eigenvalue weighted by atomic mass is 32.1. The molecule has 2 atom stereocenters. The van der Waals surface area contributed by atoms with Gasteiger partial charge in [0.2, 0.25) is 5.91 Å². The highest BCUT2D eigenvalue weighted by molar-refractivity contribution is 7.07. The molecule has 104 valence electrons. The van der Waals surface area contributed by atoms with Crippen LogP contribution < -0.4 is 0 Å². The third-order valence-corrected chi connectivity index (χ3v) is 4.56. The van der Waals surface area contributed by atoms with E-state index in [0.29, 0.717) is 25.3 Å². The fourth-order valence-electron chi connectivity index (χ4n) is 2.61. The van der Waals surface area contributed by atoms with Crippen molar-refractivity contribution in [3.63, 3.8) is 0 Å². The SMILES string of the molecule is CCC1CCN(C(=O)Cc2ccsc2)C(C(=O)O)C1. The van der Waals surface area contributed by atoms with Crippen LogP contribution in [0.4, 0.5) is 0 Å². The number of carboxylic acids is 1. The number of likely N-dealkylation sites (tertiary alicyclic amines) is 1. The Morgan fingerprint density at radius 3 is 2.89 bits per heavy atom. The second-order valence-electron chi connectivity index (χ2n) is 5.05. The van der Waals surface area contributed by atoms with E-state index in [1.54, 1.807) is 16.2 Å². The lowest BCUT2D eigenvalue weighted by Gasteiger charge is -2.37. The lowest BCUT2D eigenvalue weighted by Crippen LogP contribution is -2.50. The van der Waals surface area contributed by atoms with E-state index in [-0.39, 0.29) is 5.91 Å². The second-order valence-corrected chi connectivity index (χ2v) is 5.83. The largest absolute Gasteiger partial charge is 0.480 e. The topological polar surface area (TPSA) is 57.6 Å². The van der Waals surface area contributed by atoms with E-state index < -0.39 is 12.0 Å². The Balaban J connectivity index is 2.04. The maximum absolute atomic E-state index is 12.2. The summed E-state index contributed by atoms with van der Waals surface area (Å²) in [6.07, 6.45) is 2.79. The first kappa shape index (κ1) is 14.1. The van der Waals surface area contributed by atoms with Crippen LogP contribution in [0.25, 0.3) is 0 Å². The van der Waals surface area contributed by atoms with Crippen LogP contribution in [-0.2, 0) is 16.0 Å². The minimum absolute atomic E-state index is 0.0691. The Kier molecular flexibility index (Phi) is 4.58. The molecule has 1 aliphatic rings. The van der Waals surface area contributed by atoms with Crippen molar-refractivity contribution in [3.05, 3.63) is 22.4 Å². The minimum Gasteiger partial charge on any atom is -0.480 e. The minimum atomic E-state index is -0.878. The van der Waals surface area contributed by atoms with Crippen LogP contribution in [0.15, 0.2) is 16.8 Å². The van der Waals surface area contributed by atoms with E-state index in [0.717, 1.165) is 18.4 Å². The monoisotopic (exact) mass is 281 g/mol. The molecule has 0 aromatic carbocycles. The molecule has 1 aliphatic heterocycles. The summed E-state index contributed by atoms with van der Waals surface area (Å²) in [5, 5.41) is 13.2. The number of piperidine rings is 1. The van der Waals surface area contributed by atoms with Gasteiger partial charge >= 0.3 is 5.97 Å². The molecular weight excluding hydrogens is 262 g/mol. The molecule has 0 radical (unpaired) electrons. The van der Waals surface area contributed by atoms with E-state index in [4.69, 9.17) is 0 Å². The predicted octanol–water partition coefficient (Wildman–Crippen LogP) is 2.39. The van der Waals surface area contributed by atoms with Gasteiger partial charge in [0.1, 0.15) is 6.04 Å². The Morgan fingerprint density at radius 1 is 1.53 bits per heavy atom. The van der Waals surface area contributed by atoms with Gasteiger partial charge in [0.15, 0.2) is 0 Å². The maximum Gasteiger partial charge on any atom is 0.326 e. The molecule has 0 bridgehead atoms. The summed E-state index contributed by atoms with van der Waals surface area (Å²) in [4.78, 5) is 25.1. The molecule has 2 heterocycles. The van der Waals surface area contributed by atoms with E-state index in [9.17, 15) is 14.7 Å². The zero-order chi connectivity index (χ0) is 13.8. The highest BCUT2D eigenvalue weighted by Crippen LogP contribution is 2.26. The number of aliphatic carboxylic acids is 1. The lowest BCUT2D eigenvalue weighted by molar-refractivity contribution is -0.152. The van der Waals surface area contributed by atoms with E-state index >= 15 is 0 Å². The van der Waals surface area contributed by atoms with Crippen LogP contribution in [0, 0.1) is 5.92 Å². The lowest BCUT2D eigenvalue weighted by atomic mass is 9.88. The van der Waals surface area contributed by atoms with Crippen LogP contribution >= 0.6 is 11.3 Å². The fourth-order valence-corrected chi connectivity index (χ4v) is 3.28. The normalized spacial score (nSPS) is 23.3. The number of thiophene rings is 1. The van der Waals surface area contributed by atoms with Crippen molar-refractivity contribution in [1.29, 1.82) is 0 Å². The van der Waals surface area contributed by atoms with Gasteiger partial charge in [-0.15, -0.1) is 0 Å². The third-order valence-electron chi connectivity index (χ3n) is 3.83. The van der Waals surface area contributed by atoms with Gasteiger partial charge in [0.25, 0.3) is 0 Å². The average Bonchev–Trinajstić information content (AvgIpc) is 2.90. The van der Waals surface area contributed by atoms with Crippen molar-refractivity contribution < 1.29 is 14.7 Å². The van der Waals surface area contributed by atoms with Crippen molar-refractivity contribution in [1.82, 2.24) is 4.90 Å². The number of carboxylic acid groups (broad SMARTS) is 1. The van der Waals surface area contributed by atoms with Gasteiger partial charge < -0.3 is 10.0 Å². The van der Waals surface area contributed by atoms with Crippen molar-refractivity contribution in [3.8, 4) is 0 Å². The first-order valence-corrected chi connectivity index (χ1v) is 7.59. The molecule has 2 unspecified atom stereocenters. The smallest absolute Gasteiger partial charge is 0.326 e. The molecule has 19 heavy (non-hydrogen) atoms. The van der Waals surface area contributed by atoms with Crippen molar-refractivity contribution in [2.24, 2.45) is 5.92 Å². The van der Waals surface area contributed by atoms with Gasteiger partial charge in [0.05, 0.1) is 6.42 Å². The fraction of sp³-hybridized carbons (Fsp3) is 0.571. The van der Waals surface area contributed by atoms with Crippen LogP contribution in [0.1, 0.15) is 31.7 Å². The Hall–Kier alpha value is -1.36. The zero-order valence-electron chi connectivity index (χ0n) is 11.0. The van der Waals surface area contributed by atoms with Crippen molar-refractivity contribution >= 4 is 23.2 Å². The zero-order valence-corrected chi connectivity index (χ0v) is 11.9. The van der Waals surface area contributed by atoms with Crippen LogP contribution in [0.5, 0.6) is 0 Å². The number of amides is 1. The van der Waals surface area contributed by atoms with E-state index in [1.165, 1.54) is 0 Å². The highest BCUT2D eigenvalue weighted by Gasteiger charge is 2.35. The number of nitrogens with zero attached hydrogens (tertiary/aromatic N) is 1. The van der Waals surface area contributed by atoms with Crippen LogP contribution in [0.3, 0.4) is 0 Å². The van der Waals surface area contributed by atoms with E-state index in [1.807, 2.05) is 16.8 Å². The molecular formula is C14H19NO3S. The van der Waals surface area contributed by atoms with Gasteiger partial charge in [0, 0.05) is 6.54 Å². The third kappa shape index (κ3) is 3.35. The standard InChI is InChI=1S/C14H19NO3S/c1-2-10-3-5-15(12(7-10)14(17)18)13(16)8-11-4-6-19-9-11/h4,6,9-10,12H,2-3,5,7-8H2,1H3,(H,17,18). The number of hydrogen-bond donors (Lipinski definition) is 1. The van der Waals surface area contributed by atoms with Gasteiger partial charge in [-0.3, -0.25) is 4.79 Å². The Bertz CT molecular complexity index is 444. The molecule has 0 spiro atoms. The summed E-state index contributed by atoms with van der Waals surface area (Å²) in [5.74, 6) is -0.525. The van der Waals surface area contributed by atoms with Gasteiger partial charge in [-0.1, -0.05) is 13.3 Å². The summed E-state index contributed by atoms with van der Waals surface area (Å²) < 4.78 is 0. The second kappa shape index (κ2) is 6.19. The Labute approximate surface area is 117 Å². The first-order chi connectivity index (χ1) is 9.11. The van der Waals surface area contributed by atoms with Gasteiger partial charge in [-0.05, 0) is 41.1 Å². The van der Waals surface area contributed by atoms with Gasteiger partial charge in [-0.2, -0.15) is 11.3 Å². The molecule has 0 saturated carbocycles. The molecule has 1 aromatic rings. The molecule has 1 amide bonds. The average molecular weight is 281 g/mol. The molecule has 1 N–H and O–H groups in total. The van der Waals surface area contributed by atoms with Crippen LogP contribution in [-0.4, -0.2) is 34.5 Å². The molecule has 2 rings (SSSR count). The maximum atomic E-state index is 12.2. The van der Waals surface area contributed by atoms with Crippen molar-refractivity contribution in [2.45, 2.75) is 38.6 Å². The number of rotatable bonds is 4. The molecule has 4 nitrogen and oxygen atoms in total. The van der Waals surface area contributed by atoms with Crippen LogP contribution in [0.2, 0.25) is 0 Å². The summed E-state index contributed by atoms with van der Waals surface area (Å²) in [6.45, 7) is 2.64. The predicted molar refractivity (Wildman–Crippen MR) is 74.2 cm³/mol. The molecule has 1 saturated heterocycles. The van der Waals surface area contributed by atoms with Gasteiger partial charge in [-0.25, -0.2) is 4.79 Å². The quantitative estimate of drug-likeness (QED) is 0.922. The number of carbonyl (C=O) groups excluding carboxylic acids is 1. The molecule has 1 aromatic heterocycles. The summed E-state index contributed by atoms with van der Waals surface area (Å²) in [5.41, 5.74) is 0.969. The number of hydrogen-bond acceptors (Lipinski definition) is 3.